The van der Waals surface area contributed by atoms with Crippen LogP contribution < -0.4 is 19.3 Å². The molecule has 2 aliphatic rings. The maximum Gasteiger partial charge on any atom is 0.238 e. The average molecular weight is 980 g/mol. The number of unbranched alkanes of at least 4 members (excludes halogenated alkanes) is 2. The molecule has 2 unspecified atom stereocenters. The summed E-state index contributed by atoms with van der Waals surface area (Å²) >= 11 is 9.19. The van der Waals surface area contributed by atoms with Gasteiger partial charge in [-0.25, -0.2) is 8.78 Å². The van der Waals surface area contributed by atoms with E-state index >= 15 is 0 Å². The van der Waals surface area contributed by atoms with Crippen molar-refractivity contribution in [2.75, 3.05) is 35.5 Å². The first-order chi connectivity index (χ1) is 26.9. The molecule has 2 heterocycles. The van der Waals surface area contributed by atoms with E-state index in [1.807, 2.05) is 24.3 Å². The first-order valence-corrected chi connectivity index (χ1v) is 23.0. The van der Waals surface area contributed by atoms with Crippen molar-refractivity contribution >= 4 is 96.6 Å². The third kappa shape index (κ3) is 9.39. The normalized spacial score (nSPS) is 19.3. The number of ether oxygens (including phenoxy) is 2. The Morgan fingerprint density at radius 2 is 1.09 bits per heavy atom. The van der Waals surface area contributed by atoms with Crippen LogP contribution in [0.5, 0.6) is 11.5 Å². The topological polar surface area (TPSA) is 59.1 Å². The molecule has 6 rings (SSSR count). The highest BCUT2D eigenvalue weighted by atomic mass is 127. The molecular formula is C44H50BrF2IN2O4S2. The van der Waals surface area contributed by atoms with Crippen LogP contribution in [0.15, 0.2) is 87.1 Å². The Morgan fingerprint density at radius 1 is 0.679 bits per heavy atom. The summed E-state index contributed by atoms with van der Waals surface area (Å²) in [6.07, 6.45) is 7.34. The largest absolute Gasteiger partial charge is 0.496 e. The summed E-state index contributed by atoms with van der Waals surface area (Å²) < 4.78 is 39.8. The molecule has 2 atom stereocenters. The van der Waals surface area contributed by atoms with Gasteiger partial charge in [0, 0.05) is 32.7 Å². The number of anilines is 4. The SMILES string of the molecule is CCCCC1(CC)CSc2cc(OC)c(Br)cc2N(c2ccc(F)cc2)C1=O.CCCCC1(CC)CSc2cc(OC)c(I)cc2N(c2ccc(F)cc2)C1=O. The number of hydrogen-bond acceptors (Lipinski definition) is 6. The van der Waals surface area contributed by atoms with Crippen LogP contribution in [-0.4, -0.2) is 37.5 Å². The van der Waals surface area contributed by atoms with E-state index in [0.29, 0.717) is 11.4 Å². The summed E-state index contributed by atoms with van der Waals surface area (Å²) in [5.74, 6) is 2.54. The van der Waals surface area contributed by atoms with Crippen LogP contribution in [0.2, 0.25) is 0 Å². The van der Waals surface area contributed by atoms with Gasteiger partial charge in [-0.1, -0.05) is 53.4 Å². The van der Waals surface area contributed by atoms with E-state index in [1.165, 1.54) is 24.3 Å². The molecule has 0 bridgehead atoms. The third-order valence-corrected chi connectivity index (χ3v) is 14.9. The van der Waals surface area contributed by atoms with Crippen molar-refractivity contribution in [2.45, 2.75) is 88.9 Å². The van der Waals surface area contributed by atoms with E-state index in [-0.39, 0.29) is 23.4 Å². The molecule has 0 aromatic heterocycles. The number of nitrogens with zero attached hydrogens (tertiary/aromatic N) is 2. The van der Waals surface area contributed by atoms with E-state index < -0.39 is 10.8 Å². The Kier molecular flexibility index (Phi) is 15.6. The van der Waals surface area contributed by atoms with Crippen LogP contribution >= 0.6 is 62.0 Å². The maximum absolute atomic E-state index is 13.9. The lowest BCUT2D eigenvalue weighted by Crippen LogP contribution is -2.42. The number of carbonyl (C=O) groups excluding carboxylic acids is 2. The minimum atomic E-state index is -0.451. The summed E-state index contributed by atoms with van der Waals surface area (Å²) in [6.45, 7) is 8.48. The highest BCUT2D eigenvalue weighted by molar-refractivity contribution is 14.1. The van der Waals surface area contributed by atoms with Crippen molar-refractivity contribution < 1.29 is 27.8 Å². The van der Waals surface area contributed by atoms with Gasteiger partial charge >= 0.3 is 0 Å². The molecule has 6 nitrogen and oxygen atoms in total. The summed E-state index contributed by atoms with van der Waals surface area (Å²) in [5, 5.41) is 0. The fourth-order valence-electron chi connectivity index (χ4n) is 7.13. The first-order valence-electron chi connectivity index (χ1n) is 19.1. The van der Waals surface area contributed by atoms with Gasteiger partial charge in [0.1, 0.15) is 23.1 Å². The maximum atomic E-state index is 13.9. The summed E-state index contributed by atoms with van der Waals surface area (Å²) in [6, 6.07) is 20.2. The molecule has 2 amide bonds. The average Bonchev–Trinajstić information content (AvgIpc) is 3.40. The molecule has 12 heteroatoms. The van der Waals surface area contributed by atoms with Crippen molar-refractivity contribution in [3.8, 4) is 11.5 Å². The lowest BCUT2D eigenvalue weighted by atomic mass is 9.80. The van der Waals surface area contributed by atoms with Crippen LogP contribution in [0.4, 0.5) is 31.5 Å². The standard InChI is InChI=1S/C22H25BrFNO2S.C22H25FINO2S/c1-4-6-11-22(5-2)14-28-20-13-19(27-3)17(23)12-18(20)25(21(22)26)16-9-7-15(24)8-10-16;1-4-6-11-22(5-2)14-28-20-13-19(27-3)17(24)12-18(20)25(21(22)26)16-9-7-15(23)8-10-16/h2*7-10,12-13H,4-6,11,14H2,1-3H3. The first kappa shape index (κ1) is 44.3. The molecule has 4 aromatic carbocycles. The fraction of sp³-hybridized carbons (Fsp3) is 0.409. The Bertz CT molecular complexity index is 1860. The Labute approximate surface area is 361 Å². The van der Waals surface area contributed by atoms with Gasteiger partial charge < -0.3 is 9.47 Å². The number of fused-ring (bicyclic) bond motifs is 2. The van der Waals surface area contributed by atoms with Crippen LogP contribution in [0.1, 0.15) is 79.1 Å². The second kappa shape index (κ2) is 19.8. The number of carbonyl (C=O) groups is 2. The van der Waals surface area contributed by atoms with E-state index in [1.54, 1.807) is 71.8 Å². The van der Waals surface area contributed by atoms with E-state index in [2.05, 4.69) is 66.2 Å². The minimum absolute atomic E-state index is 0.0818. The highest BCUT2D eigenvalue weighted by Crippen LogP contribution is 2.51. The van der Waals surface area contributed by atoms with Crippen molar-refractivity contribution in [1.29, 1.82) is 0 Å². The molecule has 4 aromatic rings. The number of methoxy groups -OCH3 is 2. The molecular weight excluding hydrogens is 929 g/mol. The second-order valence-corrected chi connectivity index (χ2v) is 18.2. The van der Waals surface area contributed by atoms with E-state index in [0.717, 1.165) is 104 Å². The van der Waals surface area contributed by atoms with Gasteiger partial charge in [-0.15, -0.1) is 23.5 Å². The molecule has 56 heavy (non-hydrogen) atoms. The second-order valence-electron chi connectivity index (χ2n) is 14.2. The van der Waals surface area contributed by atoms with Crippen molar-refractivity contribution in [1.82, 2.24) is 0 Å². The summed E-state index contributed by atoms with van der Waals surface area (Å²) in [4.78, 5) is 33.3. The molecule has 0 radical (unpaired) electrons. The van der Waals surface area contributed by atoms with Gasteiger partial charge in [-0.3, -0.25) is 19.4 Å². The van der Waals surface area contributed by atoms with Crippen molar-refractivity contribution in [3.63, 3.8) is 0 Å². The molecule has 0 spiro atoms. The quantitative estimate of drug-likeness (QED) is 0.132. The number of amides is 2. The molecule has 0 fully saturated rings. The molecule has 0 saturated heterocycles. The number of rotatable bonds is 12. The third-order valence-electron chi connectivity index (χ3n) is 10.8. The predicted molar refractivity (Wildman–Crippen MR) is 239 cm³/mol. The zero-order valence-corrected chi connectivity index (χ0v) is 38.2. The number of halogens is 4. The summed E-state index contributed by atoms with van der Waals surface area (Å²) in [7, 11) is 3.29. The van der Waals surface area contributed by atoms with Gasteiger partial charge in [0.2, 0.25) is 11.8 Å². The smallest absolute Gasteiger partial charge is 0.238 e. The lowest BCUT2D eigenvalue weighted by Gasteiger charge is -2.34. The summed E-state index contributed by atoms with van der Waals surface area (Å²) in [5.41, 5.74) is 2.15. The van der Waals surface area contributed by atoms with Crippen LogP contribution in [-0.2, 0) is 9.59 Å². The lowest BCUT2D eigenvalue weighted by molar-refractivity contribution is -0.127. The van der Waals surface area contributed by atoms with E-state index in [4.69, 9.17) is 9.47 Å². The van der Waals surface area contributed by atoms with Gasteiger partial charge in [-0.2, -0.15) is 0 Å². The van der Waals surface area contributed by atoms with Gasteiger partial charge in [0.25, 0.3) is 0 Å². The Hall–Kier alpha value is -2.81. The van der Waals surface area contributed by atoms with Crippen molar-refractivity contribution in [2.24, 2.45) is 10.8 Å². The van der Waals surface area contributed by atoms with E-state index in [9.17, 15) is 18.4 Å². The molecule has 0 saturated carbocycles. The molecule has 0 N–H and O–H groups in total. The highest BCUT2D eigenvalue weighted by Gasteiger charge is 2.45. The monoisotopic (exact) mass is 978 g/mol. The molecule has 0 aliphatic carbocycles. The zero-order chi connectivity index (χ0) is 40.6. The number of benzene rings is 4. The van der Waals surface area contributed by atoms with Gasteiger partial charge in [0.15, 0.2) is 0 Å². The predicted octanol–water partition coefficient (Wildman–Crippen LogP) is 13.7. The Morgan fingerprint density at radius 3 is 1.48 bits per heavy atom. The van der Waals surface area contributed by atoms with Crippen LogP contribution in [0, 0.1) is 26.0 Å². The van der Waals surface area contributed by atoms with Gasteiger partial charge in [-0.05, 0) is 137 Å². The zero-order valence-electron chi connectivity index (χ0n) is 32.9. The van der Waals surface area contributed by atoms with Crippen molar-refractivity contribution in [3.05, 3.63) is 92.5 Å². The molecule has 300 valence electrons. The molecule has 2 aliphatic heterocycles. The van der Waals surface area contributed by atoms with Crippen LogP contribution in [0.25, 0.3) is 0 Å². The fourth-order valence-corrected chi connectivity index (χ4v) is 11.1. The number of hydrogen-bond donors (Lipinski definition) is 0. The minimum Gasteiger partial charge on any atom is -0.496 e. The Balaban J connectivity index is 0.000000214. The van der Waals surface area contributed by atoms with Crippen LogP contribution in [0.3, 0.4) is 0 Å². The number of thioether (sulfide) groups is 2. The van der Waals surface area contributed by atoms with Gasteiger partial charge in [0.05, 0.1) is 44.5 Å².